The number of carbonyl (C=O) groups is 2. The number of ether oxygens (including phenoxy) is 1. The fraction of sp³-hybridized carbons (Fsp3) is 0.857. The van der Waals surface area contributed by atoms with E-state index in [1.54, 1.807) is 0 Å². The Morgan fingerprint density at radius 2 is 2.00 bits per heavy atom. The number of nitrogens with zero attached hydrogens (tertiary/aromatic N) is 1. The van der Waals surface area contributed by atoms with Gasteiger partial charge in [-0.25, -0.2) is 9.59 Å². The maximum absolute atomic E-state index is 12.2. The van der Waals surface area contributed by atoms with E-state index in [1.165, 1.54) is 0 Å². The third-order valence-electron chi connectivity index (χ3n) is 3.24. The lowest BCUT2D eigenvalue weighted by Gasteiger charge is -2.36. The first kappa shape index (κ1) is 17.6. The molecule has 0 aromatic rings. The van der Waals surface area contributed by atoms with Gasteiger partial charge in [-0.2, -0.15) is 0 Å². The number of hydrogen-bond acceptors (Lipinski definition) is 4. The number of urea groups is 1. The average molecular weight is 300 g/mol. The summed E-state index contributed by atoms with van der Waals surface area (Å²) in [6.07, 6.45) is 2.85. The van der Waals surface area contributed by atoms with Gasteiger partial charge in [-0.15, -0.1) is 0 Å². The summed E-state index contributed by atoms with van der Waals surface area (Å²) >= 11 is 0. The number of carbonyl (C=O) groups excluding carboxylic acids is 2. The SMILES string of the molecule is CC(C)(C)OC(=O)N1CCCCC1CNCCNC(N)=O. The van der Waals surface area contributed by atoms with E-state index in [1.807, 2.05) is 25.7 Å². The minimum absolute atomic E-state index is 0.141. The van der Waals surface area contributed by atoms with Gasteiger partial charge in [0.2, 0.25) is 0 Å². The van der Waals surface area contributed by atoms with E-state index < -0.39 is 11.6 Å². The molecule has 1 aliphatic heterocycles. The largest absolute Gasteiger partial charge is 0.444 e. The van der Waals surface area contributed by atoms with Gasteiger partial charge in [0.25, 0.3) is 0 Å². The van der Waals surface area contributed by atoms with Crippen molar-refractivity contribution in [1.82, 2.24) is 15.5 Å². The highest BCUT2D eigenvalue weighted by Gasteiger charge is 2.29. The number of rotatable bonds is 5. The fourth-order valence-corrected chi connectivity index (χ4v) is 2.32. The molecular formula is C14H28N4O3. The van der Waals surface area contributed by atoms with E-state index in [0.717, 1.165) is 25.8 Å². The van der Waals surface area contributed by atoms with Gasteiger partial charge in [-0.05, 0) is 40.0 Å². The standard InChI is InChI=1S/C14H28N4O3/c1-14(2,3)21-13(20)18-9-5-4-6-11(18)10-16-7-8-17-12(15)19/h11,16H,4-10H2,1-3H3,(H3,15,17,19). The highest BCUT2D eigenvalue weighted by molar-refractivity contribution is 5.71. The summed E-state index contributed by atoms with van der Waals surface area (Å²) in [6, 6.07) is -0.382. The number of amides is 3. The molecule has 0 aromatic carbocycles. The molecule has 0 spiro atoms. The van der Waals surface area contributed by atoms with Gasteiger partial charge in [-0.3, -0.25) is 0 Å². The van der Waals surface area contributed by atoms with E-state index in [2.05, 4.69) is 10.6 Å². The maximum atomic E-state index is 12.2. The third-order valence-corrected chi connectivity index (χ3v) is 3.24. The highest BCUT2D eigenvalue weighted by Crippen LogP contribution is 2.19. The number of hydrogen-bond donors (Lipinski definition) is 3. The Kier molecular flexibility index (Phi) is 6.74. The predicted molar refractivity (Wildman–Crippen MR) is 81.0 cm³/mol. The van der Waals surface area contributed by atoms with Gasteiger partial charge >= 0.3 is 12.1 Å². The van der Waals surface area contributed by atoms with Crippen LogP contribution < -0.4 is 16.4 Å². The van der Waals surface area contributed by atoms with Gasteiger partial charge in [0.15, 0.2) is 0 Å². The van der Waals surface area contributed by atoms with Crippen LogP contribution in [0.4, 0.5) is 9.59 Å². The highest BCUT2D eigenvalue weighted by atomic mass is 16.6. The van der Waals surface area contributed by atoms with Crippen LogP contribution in [0.1, 0.15) is 40.0 Å². The first-order valence-corrected chi connectivity index (χ1v) is 7.53. The number of likely N-dealkylation sites (tertiary alicyclic amines) is 1. The van der Waals surface area contributed by atoms with Crippen LogP contribution in [-0.4, -0.2) is 54.8 Å². The van der Waals surface area contributed by atoms with Crippen molar-refractivity contribution in [3.63, 3.8) is 0 Å². The van der Waals surface area contributed by atoms with Crippen molar-refractivity contribution >= 4 is 12.1 Å². The van der Waals surface area contributed by atoms with Crippen molar-refractivity contribution < 1.29 is 14.3 Å². The molecule has 1 rings (SSSR count). The van der Waals surface area contributed by atoms with Crippen molar-refractivity contribution in [2.75, 3.05) is 26.2 Å². The van der Waals surface area contributed by atoms with E-state index in [0.29, 0.717) is 19.6 Å². The van der Waals surface area contributed by atoms with Gasteiger partial charge in [0.05, 0.1) is 0 Å². The first-order chi connectivity index (χ1) is 9.79. The number of primary amides is 1. The van der Waals surface area contributed by atoms with Crippen molar-refractivity contribution in [1.29, 1.82) is 0 Å². The van der Waals surface area contributed by atoms with Crippen molar-refractivity contribution in [2.24, 2.45) is 5.73 Å². The summed E-state index contributed by atoms with van der Waals surface area (Å²) in [5.74, 6) is 0. The smallest absolute Gasteiger partial charge is 0.410 e. The molecule has 1 heterocycles. The summed E-state index contributed by atoms with van der Waals surface area (Å²) in [7, 11) is 0. The summed E-state index contributed by atoms with van der Waals surface area (Å²) in [5.41, 5.74) is 4.52. The minimum atomic E-state index is -0.523. The maximum Gasteiger partial charge on any atom is 0.410 e. The number of nitrogens with two attached hydrogens (primary N) is 1. The molecule has 1 aliphatic rings. The van der Waals surface area contributed by atoms with Crippen molar-refractivity contribution in [3.05, 3.63) is 0 Å². The molecule has 0 bridgehead atoms. The molecule has 21 heavy (non-hydrogen) atoms. The van der Waals surface area contributed by atoms with Crippen LogP contribution in [0, 0.1) is 0 Å². The lowest BCUT2D eigenvalue weighted by Crippen LogP contribution is -2.50. The zero-order valence-electron chi connectivity index (χ0n) is 13.3. The molecule has 122 valence electrons. The quantitative estimate of drug-likeness (QED) is 0.661. The zero-order valence-corrected chi connectivity index (χ0v) is 13.3. The molecule has 7 nitrogen and oxygen atoms in total. The van der Waals surface area contributed by atoms with Gasteiger partial charge < -0.3 is 26.0 Å². The Labute approximate surface area is 126 Å². The van der Waals surface area contributed by atoms with Crippen LogP contribution in [0.5, 0.6) is 0 Å². The Morgan fingerprint density at radius 1 is 1.29 bits per heavy atom. The normalized spacial score (nSPS) is 19.2. The zero-order chi connectivity index (χ0) is 15.9. The Hall–Kier alpha value is -1.50. The minimum Gasteiger partial charge on any atom is -0.444 e. The van der Waals surface area contributed by atoms with Gasteiger partial charge in [0.1, 0.15) is 5.60 Å². The van der Waals surface area contributed by atoms with Crippen LogP contribution in [-0.2, 0) is 4.74 Å². The van der Waals surface area contributed by atoms with E-state index in [-0.39, 0.29) is 12.1 Å². The topological polar surface area (TPSA) is 96.7 Å². The Morgan fingerprint density at radius 3 is 2.62 bits per heavy atom. The molecule has 1 fully saturated rings. The summed E-state index contributed by atoms with van der Waals surface area (Å²) < 4.78 is 5.45. The monoisotopic (exact) mass is 300 g/mol. The van der Waals surface area contributed by atoms with Crippen LogP contribution in [0.15, 0.2) is 0 Å². The molecular weight excluding hydrogens is 272 g/mol. The van der Waals surface area contributed by atoms with Crippen LogP contribution in [0.25, 0.3) is 0 Å². The molecule has 0 aliphatic carbocycles. The fourth-order valence-electron chi connectivity index (χ4n) is 2.32. The van der Waals surface area contributed by atoms with Gasteiger partial charge in [0, 0.05) is 32.2 Å². The third kappa shape index (κ3) is 7.17. The molecule has 3 amide bonds. The second-order valence-corrected chi connectivity index (χ2v) is 6.32. The molecule has 0 aromatic heterocycles. The summed E-state index contributed by atoms with van der Waals surface area (Å²) in [5, 5.41) is 5.76. The number of piperidine rings is 1. The molecule has 4 N–H and O–H groups in total. The van der Waals surface area contributed by atoms with Crippen LogP contribution in [0.2, 0.25) is 0 Å². The van der Waals surface area contributed by atoms with Gasteiger partial charge in [-0.1, -0.05) is 0 Å². The molecule has 7 heteroatoms. The lowest BCUT2D eigenvalue weighted by atomic mass is 10.0. The first-order valence-electron chi connectivity index (χ1n) is 7.53. The molecule has 0 radical (unpaired) electrons. The predicted octanol–water partition coefficient (Wildman–Crippen LogP) is 1.03. The molecule has 1 unspecified atom stereocenters. The van der Waals surface area contributed by atoms with Crippen LogP contribution >= 0.6 is 0 Å². The van der Waals surface area contributed by atoms with E-state index >= 15 is 0 Å². The Balaban J connectivity index is 2.38. The molecule has 1 atom stereocenters. The summed E-state index contributed by atoms with van der Waals surface area (Å²) in [6.45, 7) is 8.16. The van der Waals surface area contributed by atoms with E-state index in [9.17, 15) is 9.59 Å². The molecule has 0 saturated carbocycles. The van der Waals surface area contributed by atoms with Crippen molar-refractivity contribution in [2.45, 2.75) is 51.7 Å². The Bertz CT molecular complexity index is 355. The molecule has 1 saturated heterocycles. The van der Waals surface area contributed by atoms with Crippen molar-refractivity contribution in [3.8, 4) is 0 Å². The second-order valence-electron chi connectivity index (χ2n) is 6.32. The summed E-state index contributed by atoms with van der Waals surface area (Å²) in [4.78, 5) is 24.6. The number of nitrogens with one attached hydrogen (secondary N) is 2. The lowest BCUT2D eigenvalue weighted by molar-refractivity contribution is 0.0100. The van der Waals surface area contributed by atoms with E-state index in [4.69, 9.17) is 10.5 Å². The average Bonchev–Trinajstić information content (AvgIpc) is 2.36. The van der Waals surface area contributed by atoms with Crippen LogP contribution in [0.3, 0.4) is 0 Å². The second kappa shape index (κ2) is 8.07.